The molecule has 0 saturated carbocycles. The van der Waals surface area contributed by atoms with Crippen molar-refractivity contribution >= 4 is 15.9 Å². The molecule has 0 radical (unpaired) electrons. The predicted molar refractivity (Wildman–Crippen MR) is 58.2 cm³/mol. The smallest absolute Gasteiger partial charge is 0.123 e. The summed E-state index contributed by atoms with van der Waals surface area (Å²) in [5.41, 5.74) is 1.74. The molecule has 2 aromatic rings. The highest BCUT2D eigenvalue weighted by Gasteiger charge is 2.00. The first kappa shape index (κ1) is 10.3. The number of aromatic nitrogens is 3. The molecular weight excluding hydrogens is 261 g/mol. The Bertz CT molecular complexity index is 455. The summed E-state index contributed by atoms with van der Waals surface area (Å²) in [5, 5.41) is 8.53. The van der Waals surface area contributed by atoms with E-state index in [1.165, 1.54) is 12.1 Å². The second kappa shape index (κ2) is 4.53. The van der Waals surface area contributed by atoms with E-state index >= 15 is 0 Å². The quantitative estimate of drug-likeness (QED) is 0.801. The highest BCUT2D eigenvalue weighted by Crippen LogP contribution is 2.06. The van der Waals surface area contributed by atoms with E-state index in [2.05, 4.69) is 26.2 Å². The number of alkyl halides is 1. The summed E-state index contributed by atoms with van der Waals surface area (Å²) in [5.74, 6) is -0.228. The molecular formula is C10H9BrFN3. The lowest BCUT2D eigenvalue weighted by molar-refractivity contribution is 0.614. The van der Waals surface area contributed by atoms with Gasteiger partial charge in [-0.15, -0.1) is 5.10 Å². The second-order valence-electron chi connectivity index (χ2n) is 3.17. The summed E-state index contributed by atoms with van der Waals surface area (Å²) in [6, 6.07) is 6.47. The van der Waals surface area contributed by atoms with Crippen molar-refractivity contribution in [3.05, 3.63) is 47.5 Å². The molecule has 78 valence electrons. The van der Waals surface area contributed by atoms with Crippen LogP contribution in [0.15, 0.2) is 30.5 Å². The van der Waals surface area contributed by atoms with Gasteiger partial charge in [-0.1, -0.05) is 33.3 Å². The molecule has 0 aliphatic carbocycles. The Hall–Kier alpha value is -1.23. The molecule has 0 aliphatic heterocycles. The molecule has 0 unspecified atom stereocenters. The van der Waals surface area contributed by atoms with Crippen molar-refractivity contribution in [3.63, 3.8) is 0 Å². The molecule has 15 heavy (non-hydrogen) atoms. The van der Waals surface area contributed by atoms with Gasteiger partial charge in [-0.05, 0) is 17.7 Å². The fourth-order valence-corrected chi connectivity index (χ4v) is 1.56. The average molecular weight is 270 g/mol. The van der Waals surface area contributed by atoms with Crippen LogP contribution in [-0.2, 0) is 11.9 Å². The van der Waals surface area contributed by atoms with Gasteiger partial charge in [0, 0.05) is 11.5 Å². The van der Waals surface area contributed by atoms with Crippen LogP contribution >= 0.6 is 15.9 Å². The molecule has 2 rings (SSSR count). The van der Waals surface area contributed by atoms with Crippen LogP contribution in [0.3, 0.4) is 0 Å². The van der Waals surface area contributed by atoms with Gasteiger partial charge >= 0.3 is 0 Å². The van der Waals surface area contributed by atoms with Gasteiger partial charge in [0.15, 0.2) is 0 Å². The maximum atomic E-state index is 12.9. The highest BCUT2D eigenvalue weighted by atomic mass is 79.9. The van der Waals surface area contributed by atoms with Crippen LogP contribution in [-0.4, -0.2) is 15.0 Å². The van der Waals surface area contributed by atoms with Crippen LogP contribution in [0.1, 0.15) is 11.3 Å². The zero-order chi connectivity index (χ0) is 10.7. The van der Waals surface area contributed by atoms with Crippen LogP contribution in [0.2, 0.25) is 0 Å². The Balaban J connectivity index is 2.14. The maximum Gasteiger partial charge on any atom is 0.123 e. The minimum Gasteiger partial charge on any atom is -0.248 e. The predicted octanol–water partition coefficient (Wildman–Crippen LogP) is 2.36. The van der Waals surface area contributed by atoms with Gasteiger partial charge in [0.05, 0.1) is 12.2 Å². The first-order valence-corrected chi connectivity index (χ1v) is 5.59. The Kier molecular flexibility index (Phi) is 3.11. The lowest BCUT2D eigenvalue weighted by Gasteiger charge is -2.00. The van der Waals surface area contributed by atoms with E-state index in [9.17, 15) is 4.39 Å². The third-order valence-corrected chi connectivity index (χ3v) is 2.53. The summed E-state index contributed by atoms with van der Waals surface area (Å²) in [4.78, 5) is 0. The summed E-state index contributed by atoms with van der Waals surface area (Å²) in [6.07, 6.45) is 1.83. The fourth-order valence-electron chi connectivity index (χ4n) is 1.30. The fraction of sp³-hybridized carbons (Fsp3) is 0.200. The van der Waals surface area contributed by atoms with Crippen LogP contribution in [0.5, 0.6) is 0 Å². The number of nitrogens with zero attached hydrogens (tertiary/aromatic N) is 3. The number of rotatable bonds is 3. The maximum absolute atomic E-state index is 12.9. The Labute approximate surface area is 95.0 Å². The topological polar surface area (TPSA) is 30.7 Å². The Morgan fingerprint density at radius 2 is 2.27 bits per heavy atom. The molecule has 0 spiro atoms. The molecule has 0 saturated heterocycles. The summed E-state index contributed by atoms with van der Waals surface area (Å²) < 4.78 is 14.6. The van der Waals surface area contributed by atoms with E-state index in [0.717, 1.165) is 11.3 Å². The first-order valence-electron chi connectivity index (χ1n) is 4.47. The van der Waals surface area contributed by atoms with E-state index in [4.69, 9.17) is 0 Å². The van der Waals surface area contributed by atoms with Gasteiger partial charge < -0.3 is 0 Å². The minimum absolute atomic E-state index is 0.228. The molecule has 0 aliphatic rings. The zero-order valence-corrected chi connectivity index (χ0v) is 9.48. The third kappa shape index (κ3) is 2.62. The van der Waals surface area contributed by atoms with E-state index in [0.29, 0.717) is 11.9 Å². The van der Waals surface area contributed by atoms with Crippen LogP contribution in [0, 0.1) is 5.82 Å². The molecule has 0 N–H and O–H groups in total. The van der Waals surface area contributed by atoms with Crippen molar-refractivity contribution in [2.75, 3.05) is 0 Å². The van der Waals surface area contributed by atoms with Crippen molar-refractivity contribution in [2.24, 2.45) is 0 Å². The second-order valence-corrected chi connectivity index (χ2v) is 3.73. The summed E-state index contributed by atoms with van der Waals surface area (Å²) in [7, 11) is 0. The third-order valence-electron chi connectivity index (χ3n) is 1.96. The van der Waals surface area contributed by atoms with Gasteiger partial charge in [-0.2, -0.15) is 0 Å². The van der Waals surface area contributed by atoms with Gasteiger partial charge in [0.1, 0.15) is 5.82 Å². The minimum atomic E-state index is -0.228. The van der Waals surface area contributed by atoms with E-state index < -0.39 is 0 Å². The Morgan fingerprint density at radius 3 is 2.93 bits per heavy atom. The molecule has 1 heterocycles. The number of benzene rings is 1. The number of hydrogen-bond acceptors (Lipinski definition) is 2. The number of hydrogen-bond donors (Lipinski definition) is 0. The molecule has 0 amide bonds. The zero-order valence-electron chi connectivity index (χ0n) is 7.90. The SMILES string of the molecule is Fc1cccc(Cn2cc(CBr)nn2)c1. The molecule has 1 aromatic heterocycles. The van der Waals surface area contributed by atoms with Gasteiger partial charge in [0.2, 0.25) is 0 Å². The Morgan fingerprint density at radius 1 is 1.40 bits per heavy atom. The van der Waals surface area contributed by atoms with Crippen LogP contribution < -0.4 is 0 Å². The lowest BCUT2D eigenvalue weighted by atomic mass is 10.2. The summed E-state index contributed by atoms with van der Waals surface area (Å²) in [6.45, 7) is 0.539. The number of halogens is 2. The standard InChI is InChI=1S/C10H9BrFN3/c11-5-10-7-15(14-13-10)6-8-2-1-3-9(12)4-8/h1-4,7H,5-6H2. The van der Waals surface area contributed by atoms with Crippen molar-refractivity contribution < 1.29 is 4.39 Å². The molecule has 0 atom stereocenters. The average Bonchev–Trinajstić information content (AvgIpc) is 2.65. The molecule has 3 nitrogen and oxygen atoms in total. The van der Waals surface area contributed by atoms with E-state index in [1.54, 1.807) is 10.7 Å². The van der Waals surface area contributed by atoms with Crippen molar-refractivity contribution in [3.8, 4) is 0 Å². The molecule has 0 fully saturated rings. The summed E-state index contributed by atoms with van der Waals surface area (Å²) >= 11 is 3.29. The van der Waals surface area contributed by atoms with Crippen molar-refractivity contribution in [1.29, 1.82) is 0 Å². The van der Waals surface area contributed by atoms with Gasteiger partial charge in [0.25, 0.3) is 0 Å². The first-order chi connectivity index (χ1) is 7.28. The normalized spacial score (nSPS) is 10.5. The monoisotopic (exact) mass is 269 g/mol. The van der Waals surface area contributed by atoms with Crippen molar-refractivity contribution in [1.82, 2.24) is 15.0 Å². The van der Waals surface area contributed by atoms with E-state index in [1.807, 2.05) is 12.3 Å². The van der Waals surface area contributed by atoms with Crippen molar-refractivity contribution in [2.45, 2.75) is 11.9 Å². The molecule has 5 heteroatoms. The molecule has 0 bridgehead atoms. The largest absolute Gasteiger partial charge is 0.248 e. The lowest BCUT2D eigenvalue weighted by Crippen LogP contribution is -2.00. The van der Waals surface area contributed by atoms with Gasteiger partial charge in [-0.25, -0.2) is 9.07 Å². The van der Waals surface area contributed by atoms with E-state index in [-0.39, 0.29) is 5.82 Å². The van der Waals surface area contributed by atoms with Crippen LogP contribution in [0.25, 0.3) is 0 Å². The highest BCUT2D eigenvalue weighted by molar-refractivity contribution is 9.08. The van der Waals surface area contributed by atoms with Crippen LogP contribution in [0.4, 0.5) is 4.39 Å². The van der Waals surface area contributed by atoms with Gasteiger partial charge in [-0.3, -0.25) is 0 Å². The molecule has 1 aromatic carbocycles.